The van der Waals surface area contributed by atoms with E-state index in [1.807, 2.05) is 21.1 Å². The van der Waals surface area contributed by atoms with E-state index in [-0.39, 0.29) is 38.6 Å². The van der Waals surface area contributed by atoms with E-state index in [1.165, 1.54) is 218 Å². The molecule has 0 aromatic carbocycles. The minimum atomic E-state index is -1.63. The zero-order valence-corrected chi connectivity index (χ0v) is 60.2. The Morgan fingerprint density at radius 1 is 0.341 bits per heavy atom. The van der Waals surface area contributed by atoms with Gasteiger partial charge in [-0.25, -0.2) is 0 Å². The fourth-order valence-electron chi connectivity index (χ4n) is 11.0. The van der Waals surface area contributed by atoms with Crippen LogP contribution in [-0.4, -0.2) is 82.3 Å². The summed E-state index contributed by atoms with van der Waals surface area (Å²) in [4.78, 5) is 37.5. The first-order valence-electron chi connectivity index (χ1n) is 38.4. The van der Waals surface area contributed by atoms with Gasteiger partial charge in [0.05, 0.1) is 40.3 Å². The molecule has 0 spiro atoms. The summed E-state index contributed by atoms with van der Waals surface area (Å²) in [5.41, 5.74) is 0. The summed E-state index contributed by atoms with van der Waals surface area (Å²) in [6.45, 7) is 4.64. The lowest BCUT2D eigenvalue weighted by Crippen LogP contribution is -2.44. The van der Waals surface area contributed by atoms with Crippen molar-refractivity contribution in [3.05, 3.63) is 97.2 Å². The molecule has 2 unspecified atom stereocenters. The number of likely N-dealkylation sites (N-methyl/N-ethyl adjacent to an activating group) is 1. The summed E-state index contributed by atoms with van der Waals surface area (Å²) in [6.07, 6.45) is 96.7. The molecule has 0 aromatic heterocycles. The second-order valence-corrected chi connectivity index (χ2v) is 26.9. The van der Waals surface area contributed by atoms with Crippen molar-refractivity contribution in [1.29, 1.82) is 0 Å². The lowest BCUT2D eigenvalue weighted by molar-refractivity contribution is -0.870. The van der Waals surface area contributed by atoms with Crippen molar-refractivity contribution in [1.82, 2.24) is 0 Å². The normalized spacial score (nSPS) is 13.2. The van der Waals surface area contributed by atoms with E-state index in [2.05, 4.69) is 111 Å². The summed E-state index contributed by atoms with van der Waals surface area (Å²) >= 11 is 0. The van der Waals surface area contributed by atoms with Gasteiger partial charge in [0.25, 0.3) is 0 Å². The fraction of sp³-hybridized carbons (Fsp3) is 0.768. The molecule has 0 N–H and O–H groups in total. The van der Waals surface area contributed by atoms with Crippen LogP contribution in [-0.2, 0) is 33.3 Å². The zero-order chi connectivity index (χ0) is 66.1. The van der Waals surface area contributed by atoms with Crippen LogP contribution in [0, 0.1) is 0 Å². The number of aliphatic carboxylic acids is 1. The second kappa shape index (κ2) is 72.0. The van der Waals surface area contributed by atoms with Crippen LogP contribution in [0.25, 0.3) is 0 Å². The maximum absolute atomic E-state index is 12.9. The standard InChI is InChI=1S/C82H145NO8/c1-6-8-10-12-14-16-18-20-22-24-26-28-30-32-34-36-37-38-39-40-41-42-43-45-46-48-50-52-54-56-58-60-62-64-66-68-70-72-79(84)89-76-78(77-90-82(81(86)87)88-75-74-83(3,4)5)91-80(85)73-71-69-67-65-63-61-59-57-55-53-51-49-47-44-35-33-31-29-27-25-23-21-19-17-15-13-11-9-7-2/h9,11,15,17,21,23,27,29,33,35,47,49,53,55,59,61,78,82H,6-8,10,12-14,16,18-20,22,24-26,28,30-32,34,36-46,48,50-52,54,56-58,60,62-77H2,1-5H3/b11-9-,17-15-,23-21-,29-27-,35-33-,49-47-,55-53-,61-59-. The molecule has 9 heteroatoms. The molecule has 0 radical (unpaired) electrons. The molecule has 9 nitrogen and oxygen atoms in total. The minimum Gasteiger partial charge on any atom is -0.545 e. The van der Waals surface area contributed by atoms with Gasteiger partial charge in [-0.3, -0.25) is 9.59 Å². The average Bonchev–Trinajstić information content (AvgIpc) is 3.66. The van der Waals surface area contributed by atoms with Crippen LogP contribution in [0.2, 0.25) is 0 Å². The summed E-state index contributed by atoms with van der Waals surface area (Å²) in [5, 5.41) is 11.8. The van der Waals surface area contributed by atoms with Crippen molar-refractivity contribution >= 4 is 17.9 Å². The second-order valence-electron chi connectivity index (χ2n) is 26.9. The monoisotopic (exact) mass is 1270 g/mol. The van der Waals surface area contributed by atoms with Crippen LogP contribution in [0.15, 0.2) is 97.2 Å². The van der Waals surface area contributed by atoms with Crippen LogP contribution in [0.3, 0.4) is 0 Å². The molecule has 0 heterocycles. The van der Waals surface area contributed by atoms with Gasteiger partial charge in [-0.1, -0.05) is 355 Å². The molecular weight excluding hydrogens is 1130 g/mol. The molecule has 0 fully saturated rings. The molecule has 0 saturated heterocycles. The maximum Gasteiger partial charge on any atom is 0.306 e. The molecule has 0 rings (SSSR count). The number of ether oxygens (including phenoxy) is 4. The predicted molar refractivity (Wildman–Crippen MR) is 389 cm³/mol. The topological polar surface area (TPSA) is 111 Å². The summed E-state index contributed by atoms with van der Waals surface area (Å²) in [5.74, 6) is -2.31. The van der Waals surface area contributed by atoms with Crippen molar-refractivity contribution in [3.63, 3.8) is 0 Å². The molecule has 0 saturated carbocycles. The molecule has 526 valence electrons. The van der Waals surface area contributed by atoms with Gasteiger partial charge in [0.1, 0.15) is 13.2 Å². The Morgan fingerprint density at radius 2 is 0.626 bits per heavy atom. The van der Waals surface area contributed by atoms with Crippen LogP contribution in [0.4, 0.5) is 0 Å². The largest absolute Gasteiger partial charge is 0.545 e. The molecule has 0 amide bonds. The lowest BCUT2D eigenvalue weighted by atomic mass is 10.0. The lowest BCUT2D eigenvalue weighted by Gasteiger charge is -2.26. The van der Waals surface area contributed by atoms with Crippen molar-refractivity contribution in [2.24, 2.45) is 0 Å². The van der Waals surface area contributed by atoms with Gasteiger partial charge in [0, 0.05) is 12.8 Å². The highest BCUT2D eigenvalue weighted by Gasteiger charge is 2.22. The number of quaternary nitrogens is 1. The number of hydrogen-bond acceptors (Lipinski definition) is 8. The molecule has 2 atom stereocenters. The SMILES string of the molecule is CC/C=C\C/C=C\C/C=C\C/C=C\C/C=C\C/C=C\C/C=C\C/C=C\CCCCCCC(=O)OC(COC(=O)CCCCCCCCCCCCCCCCCCCCCCCCCCCCCCCCCCCCCCC)COC(OCC[N+](C)(C)C)C(=O)[O-]. The van der Waals surface area contributed by atoms with Crippen LogP contribution in [0.5, 0.6) is 0 Å². The van der Waals surface area contributed by atoms with Gasteiger partial charge in [0.2, 0.25) is 0 Å². The van der Waals surface area contributed by atoms with Gasteiger partial charge < -0.3 is 33.3 Å². The van der Waals surface area contributed by atoms with E-state index in [0.29, 0.717) is 17.4 Å². The highest BCUT2D eigenvalue weighted by atomic mass is 16.7. The predicted octanol–water partition coefficient (Wildman–Crippen LogP) is 23.0. The van der Waals surface area contributed by atoms with E-state index in [4.69, 9.17) is 18.9 Å². The first-order valence-corrected chi connectivity index (χ1v) is 38.4. The molecule has 0 bridgehead atoms. The van der Waals surface area contributed by atoms with Gasteiger partial charge in [-0.2, -0.15) is 0 Å². The van der Waals surface area contributed by atoms with Crippen LogP contribution >= 0.6 is 0 Å². The van der Waals surface area contributed by atoms with Crippen LogP contribution in [0.1, 0.15) is 348 Å². The molecule has 0 aliphatic heterocycles. The van der Waals surface area contributed by atoms with Gasteiger partial charge in [0.15, 0.2) is 12.4 Å². The number of hydrogen-bond donors (Lipinski definition) is 0. The quantitative estimate of drug-likeness (QED) is 0.0195. The Balaban J connectivity index is 4.07. The first-order chi connectivity index (χ1) is 44.6. The Bertz CT molecular complexity index is 1820. The highest BCUT2D eigenvalue weighted by Crippen LogP contribution is 2.19. The number of unbranched alkanes of at least 4 members (excludes halogenated alkanes) is 40. The maximum atomic E-state index is 12.9. The summed E-state index contributed by atoms with van der Waals surface area (Å²) in [7, 11) is 5.92. The number of carbonyl (C=O) groups excluding carboxylic acids is 3. The third-order valence-electron chi connectivity index (χ3n) is 16.8. The third-order valence-corrected chi connectivity index (χ3v) is 16.8. The van der Waals surface area contributed by atoms with Crippen LogP contribution < -0.4 is 5.11 Å². The fourth-order valence-corrected chi connectivity index (χ4v) is 11.0. The van der Waals surface area contributed by atoms with E-state index in [1.54, 1.807) is 0 Å². The first kappa shape index (κ1) is 87.2. The highest BCUT2D eigenvalue weighted by molar-refractivity contribution is 5.70. The third kappa shape index (κ3) is 73.5. The Hall–Kier alpha value is -3.79. The number of esters is 2. The van der Waals surface area contributed by atoms with E-state index < -0.39 is 24.3 Å². The van der Waals surface area contributed by atoms with Crippen molar-refractivity contribution in [2.75, 3.05) is 47.5 Å². The summed E-state index contributed by atoms with van der Waals surface area (Å²) in [6, 6.07) is 0. The number of nitrogens with zero attached hydrogens (tertiary/aromatic N) is 1. The Labute approximate surface area is 562 Å². The molecule has 0 aliphatic rings. The van der Waals surface area contributed by atoms with E-state index in [9.17, 15) is 19.5 Å². The summed E-state index contributed by atoms with van der Waals surface area (Å²) < 4.78 is 22.8. The van der Waals surface area contributed by atoms with E-state index in [0.717, 1.165) is 96.3 Å². The number of carboxylic acids is 1. The number of carboxylic acid groups (broad SMARTS) is 1. The minimum absolute atomic E-state index is 0.139. The molecule has 91 heavy (non-hydrogen) atoms. The Morgan fingerprint density at radius 3 is 0.934 bits per heavy atom. The van der Waals surface area contributed by atoms with Crippen molar-refractivity contribution in [3.8, 4) is 0 Å². The van der Waals surface area contributed by atoms with Crippen molar-refractivity contribution in [2.45, 2.75) is 360 Å². The van der Waals surface area contributed by atoms with E-state index >= 15 is 0 Å². The van der Waals surface area contributed by atoms with Gasteiger partial charge in [-0.15, -0.1) is 0 Å². The molecule has 0 aliphatic carbocycles. The number of rotatable bonds is 71. The number of carbonyl (C=O) groups is 3. The number of allylic oxidation sites excluding steroid dienone is 16. The molecule has 0 aromatic rings. The smallest absolute Gasteiger partial charge is 0.306 e. The average molecular weight is 1270 g/mol. The van der Waals surface area contributed by atoms with Gasteiger partial charge >= 0.3 is 11.9 Å². The molecular formula is C82H145NO8. The van der Waals surface area contributed by atoms with Gasteiger partial charge in [-0.05, 0) is 77.0 Å². The zero-order valence-electron chi connectivity index (χ0n) is 60.2. The van der Waals surface area contributed by atoms with Crippen molar-refractivity contribution < 1.29 is 42.9 Å². The Kier molecular flexibility index (Phi) is 69.0.